The Kier molecular flexibility index (Phi) is 5.75. The Morgan fingerprint density at radius 1 is 1.22 bits per heavy atom. The number of aryl methyl sites for hydroxylation is 1. The lowest BCUT2D eigenvalue weighted by atomic mass is 10.1. The first-order chi connectivity index (χ1) is 15.2. The van der Waals surface area contributed by atoms with Crippen LogP contribution in [-0.2, 0) is 6.54 Å². The number of carbonyl (C=O) groups is 2. The first-order valence-electron chi connectivity index (χ1n) is 10.7. The van der Waals surface area contributed by atoms with Crippen LogP contribution in [0.15, 0.2) is 23.1 Å². The number of aromatic hydroxyl groups is 1. The summed E-state index contributed by atoms with van der Waals surface area (Å²) in [5, 5.41) is 12.9. The van der Waals surface area contributed by atoms with Crippen LogP contribution < -0.4 is 10.7 Å². The fourth-order valence-electron chi connectivity index (χ4n) is 4.69. The maximum Gasteiger partial charge on any atom is 0.274 e. The van der Waals surface area contributed by atoms with Gasteiger partial charge in [-0.15, -0.1) is 0 Å². The van der Waals surface area contributed by atoms with E-state index >= 15 is 0 Å². The van der Waals surface area contributed by atoms with E-state index in [2.05, 4.69) is 5.32 Å². The van der Waals surface area contributed by atoms with Crippen molar-refractivity contribution < 1.29 is 23.5 Å². The molecule has 1 saturated heterocycles. The van der Waals surface area contributed by atoms with Gasteiger partial charge in [0, 0.05) is 30.9 Å². The van der Waals surface area contributed by atoms with Gasteiger partial charge in [-0.2, -0.15) is 0 Å². The van der Waals surface area contributed by atoms with Gasteiger partial charge in [0.2, 0.25) is 5.43 Å². The van der Waals surface area contributed by atoms with Gasteiger partial charge in [0.25, 0.3) is 11.8 Å². The van der Waals surface area contributed by atoms with Crippen molar-refractivity contribution in [2.75, 3.05) is 6.54 Å². The highest BCUT2D eigenvalue weighted by atomic mass is 19.1. The monoisotopic (exact) mass is 445 g/mol. The van der Waals surface area contributed by atoms with E-state index in [0.717, 1.165) is 37.8 Å². The Morgan fingerprint density at radius 2 is 1.91 bits per heavy atom. The van der Waals surface area contributed by atoms with Crippen molar-refractivity contribution in [2.24, 2.45) is 0 Å². The largest absolute Gasteiger partial charge is 0.503 e. The van der Waals surface area contributed by atoms with Crippen molar-refractivity contribution in [3.8, 4) is 5.75 Å². The van der Waals surface area contributed by atoms with Crippen LogP contribution in [0.2, 0.25) is 0 Å². The standard InChI is InChI=1S/C23H25F2N3O4/c1-3-13-5-4-6-14-10-28(13)23(32)19-21(30)20(29)16(11-27(14)19)22(31)26-9-15-17(24)7-12(2)8-18(15)25/h7-8,11,13-14,30H,3-6,9-10H2,1-2H3,(H,26,31)/t13-,14+/m1/s1. The Bertz CT molecular complexity index is 1140. The molecule has 170 valence electrons. The smallest absolute Gasteiger partial charge is 0.274 e. The average Bonchev–Trinajstić information content (AvgIpc) is 2.93. The number of benzene rings is 1. The molecule has 7 nitrogen and oxygen atoms in total. The lowest BCUT2D eigenvalue weighted by Crippen LogP contribution is -2.48. The molecular formula is C23H25F2N3O4. The highest BCUT2D eigenvalue weighted by molar-refractivity contribution is 5.99. The van der Waals surface area contributed by atoms with Crippen LogP contribution in [0.3, 0.4) is 0 Å². The predicted octanol–water partition coefficient (Wildman–Crippen LogP) is 3.03. The van der Waals surface area contributed by atoms with Crippen molar-refractivity contribution in [1.29, 1.82) is 0 Å². The lowest BCUT2D eigenvalue weighted by Gasteiger charge is -2.38. The zero-order valence-electron chi connectivity index (χ0n) is 18.0. The van der Waals surface area contributed by atoms with Gasteiger partial charge in [-0.25, -0.2) is 8.78 Å². The summed E-state index contributed by atoms with van der Waals surface area (Å²) >= 11 is 0. The molecule has 1 aromatic heterocycles. The average molecular weight is 445 g/mol. The quantitative estimate of drug-likeness (QED) is 0.757. The summed E-state index contributed by atoms with van der Waals surface area (Å²) in [7, 11) is 0. The Balaban J connectivity index is 1.67. The minimum absolute atomic E-state index is 0.0398. The second-order valence-electron chi connectivity index (χ2n) is 8.47. The van der Waals surface area contributed by atoms with Gasteiger partial charge in [0.05, 0.1) is 6.04 Å². The molecule has 2 aliphatic rings. The topological polar surface area (TPSA) is 91.6 Å². The van der Waals surface area contributed by atoms with Crippen molar-refractivity contribution in [1.82, 2.24) is 14.8 Å². The number of nitrogens with zero attached hydrogens (tertiary/aromatic N) is 2. The van der Waals surface area contributed by atoms with E-state index in [9.17, 15) is 28.3 Å². The minimum atomic E-state index is -0.986. The normalized spacial score (nSPS) is 20.0. The Morgan fingerprint density at radius 3 is 2.56 bits per heavy atom. The van der Waals surface area contributed by atoms with Gasteiger partial charge in [0.15, 0.2) is 11.4 Å². The van der Waals surface area contributed by atoms with E-state index in [0.29, 0.717) is 12.1 Å². The summed E-state index contributed by atoms with van der Waals surface area (Å²) in [6, 6.07) is 2.16. The molecule has 2 amide bonds. The molecule has 0 saturated carbocycles. The summed E-state index contributed by atoms with van der Waals surface area (Å²) < 4.78 is 29.7. The van der Waals surface area contributed by atoms with Crippen molar-refractivity contribution in [3.63, 3.8) is 0 Å². The molecular weight excluding hydrogens is 420 g/mol. The molecule has 2 atom stereocenters. The fraction of sp³-hybridized carbons (Fsp3) is 0.435. The molecule has 0 radical (unpaired) electrons. The zero-order chi connectivity index (χ0) is 23.2. The number of fused-ring (bicyclic) bond motifs is 4. The molecule has 1 aromatic carbocycles. The van der Waals surface area contributed by atoms with Crippen LogP contribution in [0, 0.1) is 18.6 Å². The van der Waals surface area contributed by atoms with Gasteiger partial charge in [-0.05, 0) is 50.3 Å². The highest BCUT2D eigenvalue weighted by Gasteiger charge is 2.39. The number of hydrogen-bond acceptors (Lipinski definition) is 4. The summed E-state index contributed by atoms with van der Waals surface area (Å²) in [4.78, 5) is 40.2. The Labute approximate surface area is 183 Å². The Hall–Kier alpha value is -3.23. The third kappa shape index (κ3) is 3.65. The van der Waals surface area contributed by atoms with E-state index < -0.39 is 41.2 Å². The molecule has 0 unspecified atom stereocenters. The molecule has 2 aliphatic heterocycles. The summed E-state index contributed by atoms with van der Waals surface area (Å²) in [6.07, 6.45) is 4.49. The van der Waals surface area contributed by atoms with Gasteiger partial charge < -0.3 is 19.9 Å². The van der Waals surface area contributed by atoms with Gasteiger partial charge in [-0.3, -0.25) is 14.4 Å². The molecule has 3 heterocycles. The van der Waals surface area contributed by atoms with E-state index in [-0.39, 0.29) is 28.9 Å². The number of rotatable bonds is 4. The molecule has 9 heteroatoms. The molecule has 2 aromatic rings. The van der Waals surface area contributed by atoms with Crippen LogP contribution in [0.25, 0.3) is 0 Å². The predicted molar refractivity (Wildman–Crippen MR) is 113 cm³/mol. The highest BCUT2D eigenvalue weighted by Crippen LogP contribution is 2.34. The van der Waals surface area contributed by atoms with Crippen molar-refractivity contribution in [2.45, 2.75) is 58.2 Å². The maximum absolute atomic E-state index is 14.1. The van der Waals surface area contributed by atoms with Crippen molar-refractivity contribution >= 4 is 11.8 Å². The minimum Gasteiger partial charge on any atom is -0.503 e. The van der Waals surface area contributed by atoms with Crippen LogP contribution in [0.4, 0.5) is 8.78 Å². The van der Waals surface area contributed by atoms with Gasteiger partial charge in [0.1, 0.15) is 17.2 Å². The number of amides is 2. The van der Waals surface area contributed by atoms with E-state index in [1.54, 1.807) is 11.8 Å². The van der Waals surface area contributed by atoms with Crippen LogP contribution in [-0.4, -0.2) is 39.0 Å². The summed E-state index contributed by atoms with van der Waals surface area (Å²) in [5.74, 6) is -3.69. The maximum atomic E-state index is 14.1. The van der Waals surface area contributed by atoms with E-state index in [1.807, 2.05) is 6.92 Å². The van der Waals surface area contributed by atoms with Gasteiger partial charge in [-0.1, -0.05) is 6.92 Å². The number of hydrogen-bond donors (Lipinski definition) is 2. The molecule has 4 rings (SSSR count). The van der Waals surface area contributed by atoms with Gasteiger partial charge >= 0.3 is 0 Å². The van der Waals surface area contributed by atoms with E-state index in [1.165, 1.54) is 10.8 Å². The van der Waals surface area contributed by atoms with Crippen LogP contribution >= 0.6 is 0 Å². The van der Waals surface area contributed by atoms with Crippen LogP contribution in [0.5, 0.6) is 5.75 Å². The lowest BCUT2D eigenvalue weighted by molar-refractivity contribution is 0.0583. The first kappa shape index (κ1) is 22.0. The second kappa shape index (κ2) is 8.37. The summed E-state index contributed by atoms with van der Waals surface area (Å²) in [6.45, 7) is 3.51. The number of pyridine rings is 1. The third-order valence-corrected chi connectivity index (χ3v) is 6.42. The van der Waals surface area contributed by atoms with Crippen LogP contribution in [0.1, 0.15) is 70.6 Å². The molecule has 32 heavy (non-hydrogen) atoms. The number of aromatic nitrogens is 1. The SMILES string of the molecule is CC[C@@H]1CCC[C@H]2CN1C(=O)c1c(O)c(=O)c(C(=O)NCc3c(F)cc(C)cc3F)cn12. The molecule has 2 bridgehead atoms. The number of halogens is 2. The number of carbonyl (C=O) groups excluding carboxylic acids is 2. The zero-order valence-corrected chi connectivity index (χ0v) is 18.0. The molecule has 0 spiro atoms. The molecule has 1 fully saturated rings. The van der Waals surface area contributed by atoms with Crippen molar-refractivity contribution in [3.05, 3.63) is 62.6 Å². The first-order valence-corrected chi connectivity index (χ1v) is 10.7. The number of nitrogens with one attached hydrogen (secondary N) is 1. The molecule has 0 aliphatic carbocycles. The fourth-order valence-corrected chi connectivity index (χ4v) is 4.69. The summed E-state index contributed by atoms with van der Waals surface area (Å²) in [5.41, 5.74) is -1.40. The molecule has 2 N–H and O–H groups in total. The van der Waals surface area contributed by atoms with E-state index in [4.69, 9.17) is 0 Å². The second-order valence-corrected chi connectivity index (χ2v) is 8.47. The third-order valence-electron chi connectivity index (χ3n) is 6.42.